The van der Waals surface area contributed by atoms with E-state index in [0.29, 0.717) is 23.4 Å². The van der Waals surface area contributed by atoms with Gasteiger partial charge >= 0.3 is 5.97 Å². The summed E-state index contributed by atoms with van der Waals surface area (Å²) < 4.78 is 5.00. The molecule has 3 N–H and O–H groups in total. The lowest BCUT2D eigenvalue weighted by atomic mass is 9.96. The molecule has 2 unspecified atom stereocenters. The number of esters is 1. The average molecular weight is 502 g/mol. The molecular weight excluding hydrogens is 462 g/mol. The predicted octanol–water partition coefficient (Wildman–Crippen LogP) is 5.31. The van der Waals surface area contributed by atoms with Crippen molar-refractivity contribution in [2.45, 2.75) is 44.0 Å². The number of carbonyl (C=O) groups excluding carboxylic acids is 1. The second-order valence-electron chi connectivity index (χ2n) is 7.98. The number of ether oxygens (including phenoxy) is 1. The van der Waals surface area contributed by atoms with Gasteiger partial charge in [0.25, 0.3) is 0 Å². The number of methoxy groups -OCH3 is 1. The Hall–Kier alpha value is -2.09. The Kier molecular flexibility index (Phi) is 12.4. The Morgan fingerprint density at radius 3 is 2.62 bits per heavy atom. The van der Waals surface area contributed by atoms with E-state index in [1.54, 1.807) is 11.8 Å². The molecule has 1 saturated heterocycles. The van der Waals surface area contributed by atoms with Crippen LogP contribution in [0.15, 0.2) is 55.1 Å². The van der Waals surface area contributed by atoms with Crippen LogP contribution in [0.5, 0.6) is 0 Å². The molecule has 0 aromatic heterocycles. The van der Waals surface area contributed by atoms with Gasteiger partial charge < -0.3 is 20.7 Å². The van der Waals surface area contributed by atoms with Crippen LogP contribution in [0, 0.1) is 0 Å². The van der Waals surface area contributed by atoms with Crippen molar-refractivity contribution in [3.8, 4) is 11.1 Å². The number of anilines is 1. The van der Waals surface area contributed by atoms with Crippen molar-refractivity contribution in [2.24, 2.45) is 0 Å². The molecule has 34 heavy (non-hydrogen) atoms. The molecule has 3 rings (SSSR count). The van der Waals surface area contributed by atoms with Crippen LogP contribution >= 0.6 is 24.4 Å². The zero-order chi connectivity index (χ0) is 24.9. The Labute approximate surface area is 214 Å². The first kappa shape index (κ1) is 28.1. The molecule has 2 aromatic rings. The molecule has 0 bridgehead atoms. The summed E-state index contributed by atoms with van der Waals surface area (Å²) in [6.07, 6.45) is 3.76. The van der Waals surface area contributed by atoms with Gasteiger partial charge in [0.05, 0.1) is 7.11 Å². The largest absolute Gasteiger partial charge is 0.467 e. The van der Waals surface area contributed by atoms with Crippen LogP contribution in [0.3, 0.4) is 0 Å². The van der Waals surface area contributed by atoms with Crippen LogP contribution in [0.25, 0.3) is 16.8 Å². The number of carbonyl (C=O) groups is 1. The van der Waals surface area contributed by atoms with Crippen molar-refractivity contribution in [1.82, 2.24) is 10.6 Å². The maximum atomic E-state index is 12.3. The van der Waals surface area contributed by atoms with E-state index >= 15 is 0 Å². The smallest absolute Gasteiger partial charge is 0.328 e. The third-order valence-electron chi connectivity index (χ3n) is 5.63. The third-order valence-corrected chi connectivity index (χ3v) is 6.66. The fraction of sp³-hybridized carbons (Fsp3) is 0.444. The average Bonchev–Trinajstić information content (AvgIpc) is 3.31. The van der Waals surface area contributed by atoms with E-state index in [1.165, 1.54) is 7.11 Å². The van der Waals surface area contributed by atoms with Gasteiger partial charge in [-0.2, -0.15) is 24.4 Å². The molecule has 1 aliphatic rings. The van der Waals surface area contributed by atoms with Crippen LogP contribution in [0.1, 0.15) is 32.3 Å². The molecule has 3 atom stereocenters. The Morgan fingerprint density at radius 2 is 2.00 bits per heavy atom. The molecule has 1 heterocycles. The minimum Gasteiger partial charge on any atom is -0.467 e. The molecule has 5 nitrogen and oxygen atoms in total. The molecule has 0 radical (unpaired) electrons. The maximum absolute atomic E-state index is 12.3. The monoisotopic (exact) mass is 501 g/mol. The van der Waals surface area contributed by atoms with Gasteiger partial charge in [0.2, 0.25) is 0 Å². The Bertz CT molecular complexity index is 908. The maximum Gasteiger partial charge on any atom is 0.328 e. The highest BCUT2D eigenvalue weighted by Crippen LogP contribution is 2.31. The SMILES string of the molecule is C=C(NC(CCSC)C(=O)OC)c1ccc(NC[C@@H]2CC(S)CN2)cc1-c1ccccc1.CC. The van der Waals surface area contributed by atoms with E-state index in [2.05, 4.69) is 65.5 Å². The topological polar surface area (TPSA) is 62.4 Å². The highest BCUT2D eigenvalue weighted by molar-refractivity contribution is 7.98. The number of hydrogen-bond donors (Lipinski definition) is 4. The lowest BCUT2D eigenvalue weighted by molar-refractivity contribution is -0.142. The molecule has 0 spiro atoms. The minimum absolute atomic E-state index is 0.272. The van der Waals surface area contributed by atoms with Gasteiger partial charge in [-0.05, 0) is 48.1 Å². The van der Waals surface area contributed by atoms with Crippen LogP contribution in [0.4, 0.5) is 5.69 Å². The number of benzene rings is 2. The zero-order valence-electron chi connectivity index (χ0n) is 20.8. The minimum atomic E-state index is -0.427. The standard InChI is InChI=1S/C25H33N3O2S2.C2H6/c1-17(28-24(11-12-32-3)25(29)30-2)22-10-9-19(26-15-20-13-21(31)16-27-20)14-23(22)18-7-5-4-6-8-18;1-2/h4-10,14,20-21,24,26-28,31H,1,11-13,15-16H2,2-3H3;1-2H3/t20-,21?,24?;/m0./s1. The van der Waals surface area contributed by atoms with Gasteiger partial charge in [0.1, 0.15) is 6.04 Å². The fourth-order valence-corrected chi connectivity index (χ4v) is 4.71. The van der Waals surface area contributed by atoms with Crippen LogP contribution in [0.2, 0.25) is 0 Å². The van der Waals surface area contributed by atoms with E-state index in [0.717, 1.165) is 47.6 Å². The van der Waals surface area contributed by atoms with Gasteiger partial charge in [0.15, 0.2) is 0 Å². The summed E-state index contributed by atoms with van der Waals surface area (Å²) in [6, 6.07) is 16.5. The highest BCUT2D eigenvalue weighted by atomic mass is 32.2. The zero-order valence-corrected chi connectivity index (χ0v) is 22.5. The van der Waals surface area contributed by atoms with Gasteiger partial charge in [-0.1, -0.05) is 56.8 Å². The van der Waals surface area contributed by atoms with Crippen LogP contribution in [-0.2, 0) is 9.53 Å². The van der Waals surface area contributed by atoms with Crippen molar-refractivity contribution in [2.75, 3.05) is 37.5 Å². The second kappa shape index (κ2) is 15.0. The Balaban J connectivity index is 0.00000199. The van der Waals surface area contributed by atoms with Gasteiger partial charge in [-0.3, -0.25) is 0 Å². The number of hydrogen-bond acceptors (Lipinski definition) is 7. The fourth-order valence-electron chi connectivity index (χ4n) is 3.88. The van der Waals surface area contributed by atoms with Crippen molar-refractivity contribution < 1.29 is 9.53 Å². The van der Waals surface area contributed by atoms with Crippen molar-refractivity contribution in [3.05, 3.63) is 60.7 Å². The highest BCUT2D eigenvalue weighted by Gasteiger charge is 2.22. The van der Waals surface area contributed by atoms with E-state index in [4.69, 9.17) is 4.74 Å². The molecule has 1 aliphatic heterocycles. The summed E-state index contributed by atoms with van der Waals surface area (Å²) in [5.41, 5.74) is 4.89. The van der Waals surface area contributed by atoms with Crippen molar-refractivity contribution in [3.63, 3.8) is 0 Å². The van der Waals surface area contributed by atoms with E-state index < -0.39 is 6.04 Å². The summed E-state index contributed by atoms with van der Waals surface area (Å²) in [5.74, 6) is 0.586. The summed E-state index contributed by atoms with van der Waals surface area (Å²) >= 11 is 6.26. The summed E-state index contributed by atoms with van der Waals surface area (Å²) in [4.78, 5) is 12.3. The first-order chi connectivity index (χ1) is 16.5. The van der Waals surface area contributed by atoms with Crippen LogP contribution in [-0.4, -0.2) is 55.5 Å². The number of nitrogens with one attached hydrogen (secondary N) is 3. The molecule has 186 valence electrons. The molecular formula is C27H39N3O2S2. The number of rotatable bonds is 11. The molecule has 1 fully saturated rings. The Morgan fingerprint density at radius 1 is 1.26 bits per heavy atom. The number of thiol groups is 1. The summed E-state index contributed by atoms with van der Waals surface area (Å²) in [6.45, 7) is 10.1. The number of thioether (sulfide) groups is 1. The van der Waals surface area contributed by atoms with E-state index in [9.17, 15) is 4.79 Å². The van der Waals surface area contributed by atoms with Crippen LogP contribution < -0.4 is 16.0 Å². The van der Waals surface area contributed by atoms with Gasteiger partial charge in [-0.15, -0.1) is 0 Å². The quantitative estimate of drug-likeness (QED) is 0.247. The summed E-state index contributed by atoms with van der Waals surface area (Å²) in [7, 11) is 1.42. The molecule has 2 aromatic carbocycles. The first-order valence-electron chi connectivity index (χ1n) is 11.9. The van der Waals surface area contributed by atoms with Crippen molar-refractivity contribution in [1.29, 1.82) is 0 Å². The lowest BCUT2D eigenvalue weighted by Crippen LogP contribution is -2.37. The predicted molar refractivity (Wildman–Crippen MR) is 152 cm³/mol. The van der Waals surface area contributed by atoms with Gasteiger partial charge in [0, 0.05) is 41.3 Å². The summed E-state index contributed by atoms with van der Waals surface area (Å²) in [5, 5.41) is 10.8. The van der Waals surface area contributed by atoms with Crippen molar-refractivity contribution >= 4 is 41.7 Å². The second-order valence-corrected chi connectivity index (χ2v) is 9.70. The first-order valence-corrected chi connectivity index (χ1v) is 13.8. The van der Waals surface area contributed by atoms with E-state index in [-0.39, 0.29) is 5.97 Å². The van der Waals surface area contributed by atoms with Gasteiger partial charge in [-0.25, -0.2) is 4.79 Å². The molecule has 0 aliphatic carbocycles. The molecule has 7 heteroatoms. The van der Waals surface area contributed by atoms with E-state index in [1.807, 2.05) is 38.3 Å². The third kappa shape index (κ3) is 8.29. The lowest BCUT2D eigenvalue weighted by Gasteiger charge is -2.22. The normalized spacial score (nSPS) is 17.8. The molecule has 0 saturated carbocycles. The molecule has 0 amide bonds.